The number of benzene rings is 1. The van der Waals surface area contributed by atoms with Crippen LogP contribution in [-0.2, 0) is 13.6 Å². The monoisotopic (exact) mass is 364 g/mol. The summed E-state index contributed by atoms with van der Waals surface area (Å²) < 4.78 is 7.68. The summed E-state index contributed by atoms with van der Waals surface area (Å²) in [6.07, 6.45) is 0. The maximum Gasteiger partial charge on any atom is 0.194 e. The maximum atomic E-state index is 5.87. The first-order valence-electron chi connectivity index (χ1n) is 8.24. The molecule has 0 aliphatic rings. The number of aliphatic imine (C=N–C) groups is 1. The minimum atomic E-state index is 0.474. The maximum absolute atomic E-state index is 5.87. The van der Waals surface area contributed by atoms with Crippen LogP contribution in [-0.4, -0.2) is 52.4 Å². The van der Waals surface area contributed by atoms with Gasteiger partial charge < -0.3 is 19.5 Å². The number of likely N-dealkylation sites (N-methyl/N-ethyl adjacent to an activating group) is 1. The van der Waals surface area contributed by atoms with Crippen LogP contribution in [0.2, 0.25) is 5.02 Å². The van der Waals surface area contributed by atoms with Crippen LogP contribution in [0.1, 0.15) is 18.6 Å². The molecule has 7 nitrogen and oxygen atoms in total. The number of nitrogens with zero attached hydrogens (tertiary/aromatic N) is 5. The summed E-state index contributed by atoms with van der Waals surface area (Å²) in [4.78, 5) is 6.66. The second kappa shape index (κ2) is 9.27. The molecule has 0 atom stereocenters. The van der Waals surface area contributed by atoms with E-state index in [1.54, 1.807) is 0 Å². The third-order valence-electron chi connectivity index (χ3n) is 3.76. The van der Waals surface area contributed by atoms with E-state index < -0.39 is 0 Å². The fourth-order valence-corrected chi connectivity index (χ4v) is 2.27. The highest BCUT2D eigenvalue weighted by molar-refractivity contribution is 6.30. The molecule has 0 saturated heterocycles. The van der Waals surface area contributed by atoms with Gasteiger partial charge in [-0.25, -0.2) is 4.99 Å². The van der Waals surface area contributed by atoms with Crippen LogP contribution in [0.15, 0.2) is 29.3 Å². The zero-order valence-corrected chi connectivity index (χ0v) is 15.9. The fraction of sp³-hybridized carbons (Fsp3) is 0.471. The van der Waals surface area contributed by atoms with Gasteiger partial charge in [-0.05, 0) is 38.1 Å². The molecule has 1 heterocycles. The summed E-state index contributed by atoms with van der Waals surface area (Å²) in [6, 6.07) is 7.35. The Bertz CT molecular complexity index is 698. The average molecular weight is 365 g/mol. The molecule has 0 aliphatic carbocycles. The molecule has 0 radical (unpaired) electrons. The highest BCUT2D eigenvalue weighted by Gasteiger charge is 2.08. The van der Waals surface area contributed by atoms with Crippen LogP contribution >= 0.6 is 11.6 Å². The molecule has 8 heteroatoms. The molecule has 0 saturated carbocycles. The number of hydrogen-bond donors (Lipinski definition) is 1. The Morgan fingerprint density at radius 2 is 2.04 bits per heavy atom. The number of nitrogens with one attached hydrogen (secondary N) is 1. The first kappa shape index (κ1) is 19.1. The summed E-state index contributed by atoms with van der Waals surface area (Å²) in [7, 11) is 3.92. The summed E-state index contributed by atoms with van der Waals surface area (Å²) in [5.41, 5.74) is 0. The Hall–Kier alpha value is -2.28. The van der Waals surface area contributed by atoms with Gasteiger partial charge in [-0.3, -0.25) is 0 Å². The van der Waals surface area contributed by atoms with Crippen LogP contribution in [0.5, 0.6) is 5.75 Å². The van der Waals surface area contributed by atoms with E-state index in [1.807, 2.05) is 61.7 Å². The molecule has 0 unspecified atom stereocenters. The molecular formula is C17H25ClN6O. The molecule has 1 N–H and O–H groups in total. The fourth-order valence-electron chi connectivity index (χ4n) is 2.14. The number of aryl methyl sites for hydroxylation is 1. The minimum absolute atomic E-state index is 0.474. The van der Waals surface area contributed by atoms with Crippen LogP contribution < -0.4 is 10.1 Å². The van der Waals surface area contributed by atoms with E-state index in [1.165, 1.54) is 0 Å². The lowest BCUT2D eigenvalue weighted by molar-refractivity contribution is 0.281. The predicted octanol–water partition coefficient (Wildman–Crippen LogP) is 2.25. The number of hydrogen-bond acceptors (Lipinski definition) is 4. The smallest absolute Gasteiger partial charge is 0.194 e. The van der Waals surface area contributed by atoms with Gasteiger partial charge in [0, 0.05) is 25.7 Å². The van der Waals surface area contributed by atoms with Crippen LogP contribution in [0.3, 0.4) is 0 Å². The Morgan fingerprint density at radius 3 is 2.64 bits per heavy atom. The molecule has 0 bridgehead atoms. The van der Waals surface area contributed by atoms with Crippen molar-refractivity contribution in [1.82, 2.24) is 25.0 Å². The van der Waals surface area contributed by atoms with Crippen molar-refractivity contribution in [2.24, 2.45) is 12.0 Å². The van der Waals surface area contributed by atoms with Crippen molar-refractivity contribution >= 4 is 17.6 Å². The van der Waals surface area contributed by atoms with Crippen molar-refractivity contribution in [3.63, 3.8) is 0 Å². The molecule has 1 aromatic heterocycles. The van der Waals surface area contributed by atoms with Gasteiger partial charge in [0.25, 0.3) is 0 Å². The third kappa shape index (κ3) is 5.63. The van der Waals surface area contributed by atoms with Gasteiger partial charge in [0.15, 0.2) is 11.8 Å². The van der Waals surface area contributed by atoms with E-state index in [9.17, 15) is 0 Å². The number of guanidine groups is 1. The zero-order valence-electron chi connectivity index (χ0n) is 15.2. The lowest BCUT2D eigenvalue weighted by Crippen LogP contribution is -2.40. The second-order valence-corrected chi connectivity index (χ2v) is 6.05. The van der Waals surface area contributed by atoms with E-state index in [2.05, 4.69) is 20.5 Å². The number of rotatable bonds is 7. The van der Waals surface area contributed by atoms with Gasteiger partial charge >= 0.3 is 0 Å². The summed E-state index contributed by atoms with van der Waals surface area (Å²) in [5.74, 6) is 3.32. The molecule has 0 amide bonds. The summed E-state index contributed by atoms with van der Waals surface area (Å²) >= 11 is 5.87. The van der Waals surface area contributed by atoms with E-state index >= 15 is 0 Å². The molecule has 0 spiro atoms. The second-order valence-electron chi connectivity index (χ2n) is 5.62. The molecule has 136 valence electrons. The first-order valence-corrected chi connectivity index (χ1v) is 8.61. The van der Waals surface area contributed by atoms with Crippen LogP contribution in [0.25, 0.3) is 0 Å². The van der Waals surface area contributed by atoms with E-state index in [-0.39, 0.29) is 0 Å². The number of aromatic nitrogens is 3. The Kier molecular flexibility index (Phi) is 7.06. The van der Waals surface area contributed by atoms with E-state index in [4.69, 9.17) is 16.3 Å². The normalized spacial score (nSPS) is 11.5. The van der Waals surface area contributed by atoms with Crippen molar-refractivity contribution in [2.45, 2.75) is 20.4 Å². The predicted molar refractivity (Wildman–Crippen MR) is 100 cm³/mol. The van der Waals surface area contributed by atoms with Crippen molar-refractivity contribution < 1.29 is 4.74 Å². The van der Waals surface area contributed by atoms with Crippen LogP contribution in [0, 0.1) is 6.92 Å². The Morgan fingerprint density at radius 1 is 1.32 bits per heavy atom. The lowest BCUT2D eigenvalue weighted by atomic mass is 10.3. The Balaban J connectivity index is 1.90. The van der Waals surface area contributed by atoms with E-state index in [0.717, 1.165) is 29.9 Å². The minimum Gasteiger partial charge on any atom is -0.492 e. The number of ether oxygens (including phenoxy) is 1. The van der Waals surface area contributed by atoms with E-state index in [0.29, 0.717) is 24.7 Å². The zero-order chi connectivity index (χ0) is 18.2. The lowest BCUT2D eigenvalue weighted by Gasteiger charge is -2.22. The molecule has 1 aromatic carbocycles. The third-order valence-corrected chi connectivity index (χ3v) is 4.01. The largest absolute Gasteiger partial charge is 0.492 e. The highest BCUT2D eigenvalue weighted by Crippen LogP contribution is 2.15. The van der Waals surface area contributed by atoms with Gasteiger partial charge in [-0.2, -0.15) is 0 Å². The SMILES string of the molecule is CCNC(=NCc1nnc(C)n1C)N(C)CCOc1ccc(Cl)cc1. The topological polar surface area (TPSA) is 67.6 Å². The highest BCUT2D eigenvalue weighted by atomic mass is 35.5. The molecule has 2 rings (SSSR count). The van der Waals surface area contributed by atoms with Gasteiger partial charge in [-0.15, -0.1) is 10.2 Å². The standard InChI is InChI=1S/C17H25ClN6O/c1-5-19-17(20-12-16-22-21-13(2)24(16)4)23(3)10-11-25-15-8-6-14(18)7-9-15/h6-9H,5,10-12H2,1-4H3,(H,19,20). The molecular weight excluding hydrogens is 340 g/mol. The summed E-state index contributed by atoms with van der Waals surface area (Å²) in [5, 5.41) is 12.2. The quantitative estimate of drug-likeness (QED) is 0.603. The van der Waals surface area contributed by atoms with Crippen LogP contribution in [0.4, 0.5) is 0 Å². The average Bonchev–Trinajstić information content (AvgIpc) is 2.92. The molecule has 2 aromatic rings. The molecule has 0 aliphatic heterocycles. The summed E-state index contributed by atoms with van der Waals surface area (Å²) in [6.45, 7) is 6.48. The molecule has 25 heavy (non-hydrogen) atoms. The Labute approximate surface area is 153 Å². The molecule has 0 fully saturated rings. The van der Waals surface area contributed by atoms with Gasteiger partial charge in [0.05, 0.1) is 6.54 Å². The number of halogens is 1. The van der Waals surface area contributed by atoms with Gasteiger partial charge in [-0.1, -0.05) is 11.6 Å². The van der Waals surface area contributed by atoms with Crippen molar-refractivity contribution in [3.05, 3.63) is 40.9 Å². The van der Waals surface area contributed by atoms with Gasteiger partial charge in [0.2, 0.25) is 0 Å². The van der Waals surface area contributed by atoms with Crippen molar-refractivity contribution in [1.29, 1.82) is 0 Å². The first-order chi connectivity index (χ1) is 12.0. The van der Waals surface area contributed by atoms with Crippen molar-refractivity contribution in [3.8, 4) is 5.75 Å². The van der Waals surface area contributed by atoms with Crippen molar-refractivity contribution in [2.75, 3.05) is 26.7 Å². The van der Waals surface area contributed by atoms with Gasteiger partial charge in [0.1, 0.15) is 24.7 Å².